The van der Waals surface area contributed by atoms with Crippen molar-refractivity contribution in [1.29, 1.82) is 0 Å². The Morgan fingerprint density at radius 2 is 1.71 bits per heavy atom. The molecule has 0 atom stereocenters. The molecule has 0 aliphatic heterocycles. The number of rotatable bonds is 10. The second-order valence-electron chi connectivity index (χ2n) is 7.23. The standard InChI is InChI=1S/C26H24Cl2N2O5/c1-3-17-5-9-20(10-6-17)34-16-25(31)30-29-15-18-7-12-23(24(13-18)33-4-2)35-26(32)21-11-8-19(27)14-22(21)28/h5-15H,3-4,16H2,1-2H3,(H,30,31)/b29-15+. The van der Waals surface area contributed by atoms with Gasteiger partial charge in [0.25, 0.3) is 5.91 Å². The molecule has 3 rings (SSSR count). The smallest absolute Gasteiger partial charge is 0.345 e. The number of carbonyl (C=O) groups excluding carboxylic acids is 2. The van der Waals surface area contributed by atoms with E-state index in [0.717, 1.165) is 6.42 Å². The van der Waals surface area contributed by atoms with Gasteiger partial charge in [-0.3, -0.25) is 4.79 Å². The van der Waals surface area contributed by atoms with Gasteiger partial charge in [-0.2, -0.15) is 5.10 Å². The lowest BCUT2D eigenvalue weighted by Gasteiger charge is -2.12. The Morgan fingerprint density at radius 3 is 2.40 bits per heavy atom. The van der Waals surface area contributed by atoms with E-state index in [9.17, 15) is 9.59 Å². The SMILES string of the molecule is CCOc1cc(/C=N/NC(=O)COc2ccc(CC)cc2)ccc1OC(=O)c1ccc(Cl)cc1Cl. The van der Waals surface area contributed by atoms with Crippen molar-refractivity contribution in [3.8, 4) is 17.2 Å². The van der Waals surface area contributed by atoms with E-state index in [4.69, 9.17) is 37.4 Å². The van der Waals surface area contributed by atoms with Crippen LogP contribution in [0.25, 0.3) is 0 Å². The van der Waals surface area contributed by atoms with E-state index in [1.54, 1.807) is 31.2 Å². The molecule has 0 aliphatic rings. The van der Waals surface area contributed by atoms with Crippen LogP contribution in [0.2, 0.25) is 10.0 Å². The van der Waals surface area contributed by atoms with Gasteiger partial charge in [0.1, 0.15) is 5.75 Å². The molecule has 0 bridgehead atoms. The Labute approximate surface area is 213 Å². The predicted molar refractivity (Wildman–Crippen MR) is 136 cm³/mol. The fourth-order valence-electron chi connectivity index (χ4n) is 2.95. The van der Waals surface area contributed by atoms with Crippen LogP contribution >= 0.6 is 23.2 Å². The molecule has 182 valence electrons. The van der Waals surface area contributed by atoms with Crippen molar-refractivity contribution in [2.75, 3.05) is 13.2 Å². The van der Waals surface area contributed by atoms with E-state index in [1.165, 1.54) is 23.9 Å². The Hall–Kier alpha value is -3.55. The van der Waals surface area contributed by atoms with Crippen LogP contribution in [-0.2, 0) is 11.2 Å². The van der Waals surface area contributed by atoms with Gasteiger partial charge in [-0.15, -0.1) is 0 Å². The van der Waals surface area contributed by atoms with Gasteiger partial charge in [-0.05, 0) is 73.0 Å². The molecule has 0 heterocycles. The molecule has 35 heavy (non-hydrogen) atoms. The highest BCUT2D eigenvalue weighted by atomic mass is 35.5. The van der Waals surface area contributed by atoms with Gasteiger partial charge in [-0.1, -0.05) is 42.3 Å². The number of carbonyl (C=O) groups is 2. The van der Waals surface area contributed by atoms with Crippen molar-refractivity contribution in [1.82, 2.24) is 5.43 Å². The monoisotopic (exact) mass is 514 g/mol. The maximum Gasteiger partial charge on any atom is 0.345 e. The second kappa shape index (κ2) is 12.8. The van der Waals surface area contributed by atoms with Crippen molar-refractivity contribution in [3.63, 3.8) is 0 Å². The van der Waals surface area contributed by atoms with E-state index < -0.39 is 11.9 Å². The van der Waals surface area contributed by atoms with Gasteiger partial charge >= 0.3 is 5.97 Å². The maximum atomic E-state index is 12.5. The van der Waals surface area contributed by atoms with Crippen molar-refractivity contribution < 1.29 is 23.8 Å². The zero-order valence-electron chi connectivity index (χ0n) is 19.2. The van der Waals surface area contributed by atoms with Crippen molar-refractivity contribution in [2.24, 2.45) is 5.10 Å². The van der Waals surface area contributed by atoms with E-state index in [-0.39, 0.29) is 22.9 Å². The number of hydrogen-bond acceptors (Lipinski definition) is 6. The summed E-state index contributed by atoms with van der Waals surface area (Å²) in [5.41, 5.74) is 4.39. The Morgan fingerprint density at radius 1 is 0.943 bits per heavy atom. The van der Waals surface area contributed by atoms with Crippen molar-refractivity contribution in [3.05, 3.63) is 87.4 Å². The third kappa shape index (κ3) is 7.73. The van der Waals surface area contributed by atoms with Crippen LogP contribution in [0.1, 0.15) is 35.3 Å². The molecule has 0 saturated heterocycles. The number of hydrazone groups is 1. The first-order chi connectivity index (χ1) is 16.9. The average Bonchev–Trinajstić information content (AvgIpc) is 2.84. The van der Waals surface area contributed by atoms with Crippen LogP contribution in [-0.4, -0.2) is 31.3 Å². The summed E-state index contributed by atoms with van der Waals surface area (Å²) in [7, 11) is 0. The van der Waals surface area contributed by atoms with Crippen molar-refractivity contribution in [2.45, 2.75) is 20.3 Å². The molecular weight excluding hydrogens is 491 g/mol. The molecule has 0 radical (unpaired) electrons. The van der Waals surface area contributed by atoms with Crippen LogP contribution in [0.5, 0.6) is 17.2 Å². The fraction of sp³-hybridized carbons (Fsp3) is 0.192. The van der Waals surface area contributed by atoms with Crippen LogP contribution in [0.4, 0.5) is 0 Å². The van der Waals surface area contributed by atoms with E-state index in [1.807, 2.05) is 24.3 Å². The van der Waals surface area contributed by atoms with Gasteiger partial charge < -0.3 is 14.2 Å². The number of nitrogens with one attached hydrogen (secondary N) is 1. The third-order valence-corrected chi connectivity index (χ3v) is 5.27. The lowest BCUT2D eigenvalue weighted by molar-refractivity contribution is -0.123. The highest BCUT2D eigenvalue weighted by Gasteiger charge is 2.16. The van der Waals surface area contributed by atoms with E-state index in [0.29, 0.717) is 28.7 Å². The molecule has 7 nitrogen and oxygen atoms in total. The zero-order valence-corrected chi connectivity index (χ0v) is 20.7. The van der Waals surface area contributed by atoms with E-state index in [2.05, 4.69) is 17.5 Å². The number of amides is 1. The topological polar surface area (TPSA) is 86.2 Å². The Kier molecular flexibility index (Phi) is 9.52. The largest absolute Gasteiger partial charge is 0.490 e. The number of nitrogens with zero attached hydrogens (tertiary/aromatic N) is 1. The number of aryl methyl sites for hydroxylation is 1. The number of hydrogen-bond donors (Lipinski definition) is 1. The lowest BCUT2D eigenvalue weighted by Crippen LogP contribution is -2.24. The number of ether oxygens (including phenoxy) is 3. The van der Waals surface area contributed by atoms with Gasteiger partial charge in [0.15, 0.2) is 18.1 Å². The number of halogens is 2. The molecule has 3 aromatic carbocycles. The Balaban J connectivity index is 1.59. The first kappa shape index (κ1) is 26.1. The minimum atomic E-state index is -0.648. The summed E-state index contributed by atoms with van der Waals surface area (Å²) < 4.78 is 16.5. The third-order valence-electron chi connectivity index (χ3n) is 4.73. The summed E-state index contributed by atoms with van der Waals surface area (Å²) in [6.07, 6.45) is 2.37. The van der Waals surface area contributed by atoms with E-state index >= 15 is 0 Å². The highest BCUT2D eigenvalue weighted by molar-refractivity contribution is 6.36. The molecule has 0 fully saturated rings. The van der Waals surface area contributed by atoms with Crippen LogP contribution in [0.3, 0.4) is 0 Å². The van der Waals surface area contributed by atoms with Gasteiger partial charge in [-0.25, -0.2) is 10.2 Å². The van der Waals surface area contributed by atoms with Gasteiger partial charge in [0.05, 0.1) is 23.4 Å². The quantitative estimate of drug-likeness (QED) is 0.162. The van der Waals surface area contributed by atoms with Crippen LogP contribution < -0.4 is 19.6 Å². The Bertz CT molecular complexity index is 1210. The summed E-state index contributed by atoms with van der Waals surface area (Å²) in [4.78, 5) is 24.5. The molecule has 0 aromatic heterocycles. The molecule has 0 spiro atoms. The first-order valence-electron chi connectivity index (χ1n) is 10.9. The molecule has 0 saturated carbocycles. The second-order valence-corrected chi connectivity index (χ2v) is 8.08. The minimum absolute atomic E-state index is 0.171. The van der Waals surface area contributed by atoms with Gasteiger partial charge in [0, 0.05) is 5.02 Å². The normalized spacial score (nSPS) is 10.7. The molecule has 1 amide bonds. The van der Waals surface area contributed by atoms with Crippen LogP contribution in [0, 0.1) is 0 Å². The average molecular weight is 515 g/mol. The van der Waals surface area contributed by atoms with Crippen LogP contribution in [0.15, 0.2) is 65.8 Å². The number of benzene rings is 3. The molecule has 0 aliphatic carbocycles. The maximum absolute atomic E-state index is 12.5. The first-order valence-corrected chi connectivity index (χ1v) is 11.6. The molecule has 1 N–H and O–H groups in total. The summed E-state index contributed by atoms with van der Waals surface area (Å²) in [5, 5.41) is 4.54. The fourth-order valence-corrected chi connectivity index (χ4v) is 3.43. The highest BCUT2D eigenvalue weighted by Crippen LogP contribution is 2.30. The molecule has 0 unspecified atom stereocenters. The molecule has 3 aromatic rings. The predicted octanol–water partition coefficient (Wildman–Crippen LogP) is 5.70. The summed E-state index contributed by atoms with van der Waals surface area (Å²) in [5.74, 6) is 0.0983. The van der Waals surface area contributed by atoms with Crippen molar-refractivity contribution >= 4 is 41.3 Å². The number of esters is 1. The zero-order chi connectivity index (χ0) is 25.2. The van der Waals surface area contributed by atoms with Gasteiger partial charge in [0.2, 0.25) is 0 Å². The summed E-state index contributed by atoms with van der Waals surface area (Å²) in [6.45, 7) is 4.05. The lowest BCUT2D eigenvalue weighted by atomic mass is 10.2. The minimum Gasteiger partial charge on any atom is -0.490 e. The molecule has 9 heteroatoms. The molecular formula is C26H24Cl2N2O5. The summed E-state index contributed by atoms with van der Waals surface area (Å²) in [6, 6.07) is 16.9. The summed E-state index contributed by atoms with van der Waals surface area (Å²) >= 11 is 12.0.